The third-order valence-electron chi connectivity index (χ3n) is 3.49. The molecule has 0 spiro atoms. The van der Waals surface area contributed by atoms with Gasteiger partial charge in [-0.25, -0.2) is 4.57 Å². The van der Waals surface area contributed by atoms with E-state index >= 15 is 0 Å². The van der Waals surface area contributed by atoms with E-state index < -0.39 is 0 Å². The molecule has 116 valence electrons. The molecule has 0 amide bonds. The maximum absolute atomic E-state index is 3.48. The summed E-state index contributed by atoms with van der Waals surface area (Å²) in [4.78, 5) is 0. The fourth-order valence-electron chi connectivity index (χ4n) is 2.57. The van der Waals surface area contributed by atoms with Gasteiger partial charge in [-0.3, -0.25) is 0 Å². The molecule has 3 heteroatoms. The first-order valence-electron chi connectivity index (χ1n) is 7.75. The van der Waals surface area contributed by atoms with Crippen LogP contribution in [0.4, 0.5) is 0 Å². The van der Waals surface area contributed by atoms with Crippen LogP contribution in [-0.4, -0.2) is 5.33 Å². The fourth-order valence-corrected chi connectivity index (χ4v) is 2.97. The Morgan fingerprint density at radius 2 is 1.25 bits per heavy atom. The van der Waals surface area contributed by atoms with Crippen molar-refractivity contribution in [2.24, 2.45) is 0 Å². The van der Waals surface area contributed by atoms with Crippen LogP contribution in [0.1, 0.15) is 62.5 Å². The third kappa shape index (κ3) is 9.93. The fraction of sp³-hybridized carbons (Fsp3) is 0.706. The molecule has 0 aromatic carbocycles. The summed E-state index contributed by atoms with van der Waals surface area (Å²) in [5.74, 6) is 0. The summed E-state index contributed by atoms with van der Waals surface area (Å²) in [6.45, 7) is 5.53. The van der Waals surface area contributed by atoms with Gasteiger partial charge in [0.2, 0.25) is 0 Å². The predicted octanol–water partition coefficient (Wildman–Crippen LogP) is 2.11. The van der Waals surface area contributed by atoms with Crippen LogP contribution in [0.25, 0.3) is 0 Å². The Bertz CT molecular complexity index is 333. The lowest BCUT2D eigenvalue weighted by Gasteiger charge is -2.02. The number of aryl methyl sites for hydroxylation is 3. The van der Waals surface area contributed by atoms with Gasteiger partial charge in [-0.1, -0.05) is 48.0 Å². The van der Waals surface area contributed by atoms with Crippen LogP contribution < -0.4 is 21.5 Å². The first kappa shape index (κ1) is 20.1. The van der Waals surface area contributed by atoms with Crippen LogP contribution in [0.2, 0.25) is 0 Å². The molecule has 0 atom stereocenters. The standard InChI is InChI=1S/C17H29BrN.BrH/c1-16-13-17(2)15-19(14-16)12-10-8-6-4-3-5-7-9-11-18;/h13-15H,3-12H2,1-2H3;1H/q+1;/p-1. The van der Waals surface area contributed by atoms with E-state index in [9.17, 15) is 0 Å². The second-order valence-electron chi connectivity index (χ2n) is 5.65. The van der Waals surface area contributed by atoms with E-state index in [-0.39, 0.29) is 17.0 Å². The van der Waals surface area contributed by atoms with Crippen LogP contribution in [0.3, 0.4) is 0 Å². The van der Waals surface area contributed by atoms with Crippen molar-refractivity contribution < 1.29 is 21.5 Å². The van der Waals surface area contributed by atoms with Gasteiger partial charge in [0.25, 0.3) is 0 Å². The number of pyridine rings is 1. The molecule has 1 nitrogen and oxygen atoms in total. The first-order valence-corrected chi connectivity index (χ1v) is 8.88. The Morgan fingerprint density at radius 1 is 0.800 bits per heavy atom. The van der Waals surface area contributed by atoms with Gasteiger partial charge in [-0.2, -0.15) is 0 Å². The zero-order valence-corrected chi connectivity index (χ0v) is 16.2. The van der Waals surface area contributed by atoms with Gasteiger partial charge < -0.3 is 17.0 Å². The summed E-state index contributed by atoms with van der Waals surface area (Å²) in [6, 6.07) is 2.24. The van der Waals surface area contributed by atoms with Crippen LogP contribution in [-0.2, 0) is 6.54 Å². The van der Waals surface area contributed by atoms with E-state index in [4.69, 9.17) is 0 Å². The Labute approximate surface area is 144 Å². The van der Waals surface area contributed by atoms with E-state index in [2.05, 4.69) is 52.8 Å². The van der Waals surface area contributed by atoms with Crippen LogP contribution >= 0.6 is 15.9 Å². The Balaban J connectivity index is 0.00000361. The molecule has 0 saturated heterocycles. The predicted molar refractivity (Wildman–Crippen MR) is 86.8 cm³/mol. The minimum atomic E-state index is 0. The number of rotatable bonds is 10. The van der Waals surface area contributed by atoms with Gasteiger partial charge >= 0.3 is 0 Å². The molecule has 0 bridgehead atoms. The summed E-state index contributed by atoms with van der Waals surface area (Å²) in [6.07, 6.45) is 15.6. The lowest BCUT2D eigenvalue weighted by Crippen LogP contribution is -3.00. The topological polar surface area (TPSA) is 3.88 Å². The molecule has 1 rings (SSSR count). The molecule has 0 aliphatic carbocycles. The zero-order chi connectivity index (χ0) is 13.9. The molecular weight excluding hydrogens is 378 g/mol. The summed E-state index contributed by atoms with van der Waals surface area (Å²) >= 11 is 3.48. The summed E-state index contributed by atoms with van der Waals surface area (Å²) in [7, 11) is 0. The third-order valence-corrected chi connectivity index (χ3v) is 4.05. The highest BCUT2D eigenvalue weighted by Crippen LogP contribution is 2.09. The van der Waals surface area contributed by atoms with Crippen LogP contribution in [0.5, 0.6) is 0 Å². The van der Waals surface area contributed by atoms with Crippen molar-refractivity contribution in [2.75, 3.05) is 5.33 Å². The van der Waals surface area contributed by atoms with Crippen molar-refractivity contribution in [3.05, 3.63) is 29.6 Å². The smallest absolute Gasteiger partial charge is 0.171 e. The first-order chi connectivity index (χ1) is 9.22. The minimum absolute atomic E-state index is 0. The number of hydrogen-bond acceptors (Lipinski definition) is 0. The molecular formula is C17H29Br2N. The number of nitrogens with zero attached hydrogens (tertiary/aromatic N) is 1. The van der Waals surface area contributed by atoms with E-state index in [0.29, 0.717) is 0 Å². The maximum atomic E-state index is 3.48. The van der Waals surface area contributed by atoms with Gasteiger partial charge in [0.05, 0.1) is 0 Å². The molecule has 1 aromatic heterocycles. The van der Waals surface area contributed by atoms with Crippen molar-refractivity contribution in [3.63, 3.8) is 0 Å². The maximum Gasteiger partial charge on any atom is 0.171 e. The molecule has 0 unspecified atom stereocenters. The highest BCUT2D eigenvalue weighted by Gasteiger charge is 2.02. The molecule has 0 N–H and O–H groups in total. The molecule has 20 heavy (non-hydrogen) atoms. The molecule has 0 fully saturated rings. The summed E-state index contributed by atoms with van der Waals surface area (Å²) in [5.41, 5.74) is 2.73. The quantitative estimate of drug-likeness (QED) is 0.318. The molecule has 0 aliphatic rings. The lowest BCUT2D eigenvalue weighted by atomic mass is 10.1. The Kier molecular flexibility index (Phi) is 12.9. The molecule has 1 heterocycles. The average molecular weight is 407 g/mol. The SMILES string of the molecule is Cc1cc(C)c[n+](CCCCCCCCCCBr)c1.[Br-]. The number of halogens is 2. The molecule has 0 aliphatic heterocycles. The van der Waals surface area contributed by atoms with Crippen LogP contribution in [0, 0.1) is 13.8 Å². The molecule has 0 radical (unpaired) electrons. The number of alkyl halides is 1. The van der Waals surface area contributed by atoms with Crippen molar-refractivity contribution in [1.29, 1.82) is 0 Å². The van der Waals surface area contributed by atoms with Gasteiger partial charge in [-0.05, 0) is 32.8 Å². The lowest BCUT2D eigenvalue weighted by molar-refractivity contribution is -0.698. The number of hydrogen-bond donors (Lipinski definition) is 0. The second-order valence-corrected chi connectivity index (χ2v) is 6.44. The number of unbranched alkanes of at least 4 members (excludes halogenated alkanes) is 7. The number of aromatic nitrogens is 1. The van der Waals surface area contributed by atoms with Gasteiger partial charge in [0.15, 0.2) is 12.4 Å². The van der Waals surface area contributed by atoms with Gasteiger partial charge in [0, 0.05) is 22.9 Å². The average Bonchev–Trinajstić information content (AvgIpc) is 2.36. The molecule has 1 aromatic rings. The van der Waals surface area contributed by atoms with E-state index in [1.807, 2.05) is 0 Å². The van der Waals surface area contributed by atoms with Gasteiger partial charge in [0.1, 0.15) is 6.54 Å². The van der Waals surface area contributed by atoms with Crippen molar-refractivity contribution >= 4 is 15.9 Å². The summed E-state index contributed by atoms with van der Waals surface area (Å²) < 4.78 is 2.35. The van der Waals surface area contributed by atoms with E-state index in [0.717, 1.165) is 0 Å². The highest BCUT2D eigenvalue weighted by molar-refractivity contribution is 9.09. The Morgan fingerprint density at radius 3 is 1.75 bits per heavy atom. The van der Waals surface area contributed by atoms with E-state index in [1.165, 1.54) is 74.4 Å². The van der Waals surface area contributed by atoms with Gasteiger partial charge in [-0.15, -0.1) is 0 Å². The zero-order valence-electron chi connectivity index (χ0n) is 13.0. The van der Waals surface area contributed by atoms with Crippen molar-refractivity contribution in [2.45, 2.75) is 71.8 Å². The normalized spacial score (nSPS) is 10.3. The van der Waals surface area contributed by atoms with Crippen LogP contribution in [0.15, 0.2) is 18.5 Å². The highest BCUT2D eigenvalue weighted by atomic mass is 79.9. The molecule has 0 saturated carbocycles. The largest absolute Gasteiger partial charge is 1.00 e. The van der Waals surface area contributed by atoms with Crippen molar-refractivity contribution in [1.82, 2.24) is 0 Å². The minimum Gasteiger partial charge on any atom is -1.00 e. The van der Waals surface area contributed by atoms with E-state index in [1.54, 1.807) is 0 Å². The Hall–Kier alpha value is 0.110. The monoisotopic (exact) mass is 405 g/mol. The van der Waals surface area contributed by atoms with Crippen molar-refractivity contribution in [3.8, 4) is 0 Å². The second kappa shape index (κ2) is 12.8. The summed E-state index contributed by atoms with van der Waals surface area (Å²) in [5, 5.41) is 1.17.